The average molecular weight is 268 g/mol. The van der Waals surface area contributed by atoms with Gasteiger partial charge in [0.15, 0.2) is 5.78 Å². The maximum atomic E-state index is 13.5. The Labute approximate surface area is 109 Å². The predicted molar refractivity (Wildman–Crippen MR) is 64.7 cm³/mol. The highest BCUT2D eigenvalue weighted by Gasteiger charge is 2.28. The molecule has 19 heavy (non-hydrogen) atoms. The van der Waals surface area contributed by atoms with Crippen LogP contribution < -0.4 is 5.32 Å². The average Bonchev–Trinajstić information content (AvgIpc) is 2.37. The summed E-state index contributed by atoms with van der Waals surface area (Å²) in [5, 5.41) is 2.65. The molecule has 1 heterocycles. The molecule has 1 N–H and O–H groups in total. The normalized spacial score (nSPS) is 17.9. The van der Waals surface area contributed by atoms with Crippen LogP contribution in [0.4, 0.5) is 8.78 Å². The van der Waals surface area contributed by atoms with E-state index in [0.29, 0.717) is 19.2 Å². The number of nitrogens with zero attached hydrogens (tertiary/aromatic N) is 1. The molecule has 6 heteroatoms. The minimum absolute atomic E-state index is 0.107. The van der Waals surface area contributed by atoms with Gasteiger partial charge in [0.2, 0.25) is 5.91 Å². The second kappa shape index (κ2) is 5.44. The van der Waals surface area contributed by atoms with Gasteiger partial charge in [-0.1, -0.05) is 0 Å². The molecule has 0 aliphatic carbocycles. The van der Waals surface area contributed by atoms with Crippen LogP contribution in [0.15, 0.2) is 18.2 Å². The van der Waals surface area contributed by atoms with Gasteiger partial charge in [0.25, 0.3) is 0 Å². The number of amides is 1. The van der Waals surface area contributed by atoms with Gasteiger partial charge in [-0.25, -0.2) is 8.78 Å². The van der Waals surface area contributed by atoms with Gasteiger partial charge in [0, 0.05) is 19.2 Å². The van der Waals surface area contributed by atoms with Crippen molar-refractivity contribution < 1.29 is 18.4 Å². The lowest BCUT2D eigenvalue weighted by Crippen LogP contribution is -2.53. The van der Waals surface area contributed by atoms with Gasteiger partial charge in [0.05, 0.1) is 18.2 Å². The highest BCUT2D eigenvalue weighted by atomic mass is 19.1. The van der Waals surface area contributed by atoms with Crippen LogP contribution in [0.2, 0.25) is 0 Å². The van der Waals surface area contributed by atoms with E-state index >= 15 is 0 Å². The van der Waals surface area contributed by atoms with Crippen LogP contribution in [-0.2, 0) is 4.79 Å². The minimum atomic E-state index is -0.877. The molecule has 1 aromatic rings. The second-order valence-electron chi connectivity index (χ2n) is 4.48. The summed E-state index contributed by atoms with van der Waals surface area (Å²) in [6.07, 6.45) is 0. The van der Waals surface area contributed by atoms with Crippen molar-refractivity contribution in [3.8, 4) is 0 Å². The molecule has 0 radical (unpaired) electrons. The van der Waals surface area contributed by atoms with Crippen molar-refractivity contribution in [3.05, 3.63) is 35.4 Å². The van der Waals surface area contributed by atoms with Gasteiger partial charge in [-0.05, 0) is 19.1 Å². The van der Waals surface area contributed by atoms with Crippen molar-refractivity contribution in [2.45, 2.75) is 13.0 Å². The van der Waals surface area contributed by atoms with Crippen LogP contribution in [0.5, 0.6) is 0 Å². The summed E-state index contributed by atoms with van der Waals surface area (Å²) >= 11 is 0. The molecule has 1 amide bonds. The second-order valence-corrected chi connectivity index (χ2v) is 4.48. The Morgan fingerprint density at radius 3 is 2.79 bits per heavy atom. The topological polar surface area (TPSA) is 49.4 Å². The Morgan fingerprint density at radius 2 is 2.16 bits per heavy atom. The first-order valence-electron chi connectivity index (χ1n) is 5.99. The lowest BCUT2D eigenvalue weighted by Gasteiger charge is -2.31. The van der Waals surface area contributed by atoms with Crippen LogP contribution in [0, 0.1) is 11.6 Å². The Balaban J connectivity index is 2.16. The molecule has 1 aromatic carbocycles. The van der Waals surface area contributed by atoms with Crippen molar-refractivity contribution in [3.63, 3.8) is 0 Å². The third-order valence-corrected chi connectivity index (χ3v) is 3.19. The summed E-state index contributed by atoms with van der Waals surface area (Å²) in [5.41, 5.74) is -0.153. The number of benzene rings is 1. The SMILES string of the molecule is CC(C(=O)c1ccc(F)cc1F)N1CCNC(=O)C1. The number of hydrogen-bond donors (Lipinski definition) is 1. The summed E-state index contributed by atoms with van der Waals surface area (Å²) in [6, 6.07) is 2.24. The highest BCUT2D eigenvalue weighted by molar-refractivity contribution is 6.00. The van der Waals surface area contributed by atoms with Crippen molar-refractivity contribution in [2.24, 2.45) is 0 Å². The van der Waals surface area contributed by atoms with Gasteiger partial charge < -0.3 is 5.32 Å². The van der Waals surface area contributed by atoms with Gasteiger partial charge in [-0.2, -0.15) is 0 Å². The van der Waals surface area contributed by atoms with E-state index in [0.717, 1.165) is 12.1 Å². The zero-order valence-electron chi connectivity index (χ0n) is 10.5. The standard InChI is InChI=1S/C13H14F2N2O2/c1-8(17-5-4-16-12(18)7-17)13(19)10-3-2-9(14)6-11(10)15/h2-3,6,8H,4-5,7H2,1H3,(H,16,18). The first-order valence-corrected chi connectivity index (χ1v) is 5.99. The van der Waals surface area contributed by atoms with Crippen molar-refractivity contribution in [2.75, 3.05) is 19.6 Å². The van der Waals surface area contributed by atoms with Gasteiger partial charge in [-0.15, -0.1) is 0 Å². The summed E-state index contributed by atoms with van der Waals surface area (Å²) in [6.45, 7) is 2.71. The lowest BCUT2D eigenvalue weighted by atomic mass is 10.0. The maximum absolute atomic E-state index is 13.5. The number of hydrogen-bond acceptors (Lipinski definition) is 3. The van der Waals surface area contributed by atoms with E-state index < -0.39 is 23.5 Å². The number of ketones is 1. The molecule has 1 saturated heterocycles. The summed E-state index contributed by atoms with van der Waals surface area (Å²) in [5.74, 6) is -2.21. The minimum Gasteiger partial charge on any atom is -0.354 e. The molecule has 2 rings (SSSR count). The summed E-state index contributed by atoms with van der Waals surface area (Å²) in [7, 11) is 0. The number of carbonyl (C=O) groups excluding carboxylic acids is 2. The number of nitrogens with one attached hydrogen (secondary N) is 1. The predicted octanol–water partition coefficient (Wildman–Crippen LogP) is 0.968. The highest BCUT2D eigenvalue weighted by Crippen LogP contribution is 2.15. The van der Waals surface area contributed by atoms with E-state index in [1.54, 1.807) is 11.8 Å². The number of carbonyl (C=O) groups is 2. The number of halogens is 2. The van der Waals surface area contributed by atoms with Gasteiger partial charge >= 0.3 is 0 Å². The molecule has 0 spiro atoms. The van der Waals surface area contributed by atoms with E-state index in [-0.39, 0.29) is 18.0 Å². The largest absolute Gasteiger partial charge is 0.354 e. The van der Waals surface area contributed by atoms with Crippen LogP contribution >= 0.6 is 0 Å². The summed E-state index contributed by atoms with van der Waals surface area (Å²) in [4.78, 5) is 25.1. The molecular formula is C13H14F2N2O2. The van der Waals surface area contributed by atoms with Gasteiger partial charge in [-0.3, -0.25) is 14.5 Å². The number of rotatable bonds is 3. The molecule has 1 atom stereocenters. The first-order chi connectivity index (χ1) is 8.99. The smallest absolute Gasteiger partial charge is 0.234 e. The molecule has 1 unspecified atom stereocenters. The molecule has 1 fully saturated rings. The van der Waals surface area contributed by atoms with Crippen molar-refractivity contribution in [1.82, 2.24) is 10.2 Å². The molecule has 0 aromatic heterocycles. The van der Waals surface area contributed by atoms with Crippen molar-refractivity contribution >= 4 is 11.7 Å². The third-order valence-electron chi connectivity index (χ3n) is 3.19. The molecule has 1 aliphatic rings. The number of Topliss-reactive ketones (excluding diaryl/α,β-unsaturated/α-hetero) is 1. The first kappa shape index (κ1) is 13.6. The Bertz CT molecular complexity index is 519. The monoisotopic (exact) mass is 268 g/mol. The summed E-state index contributed by atoms with van der Waals surface area (Å²) < 4.78 is 26.3. The van der Waals surface area contributed by atoms with Crippen molar-refractivity contribution in [1.29, 1.82) is 0 Å². The van der Waals surface area contributed by atoms with Crippen LogP contribution in [0.1, 0.15) is 17.3 Å². The van der Waals surface area contributed by atoms with E-state index in [1.807, 2.05) is 0 Å². The van der Waals surface area contributed by atoms with E-state index in [4.69, 9.17) is 0 Å². The lowest BCUT2D eigenvalue weighted by molar-refractivity contribution is -0.124. The van der Waals surface area contributed by atoms with Crippen LogP contribution in [0.3, 0.4) is 0 Å². The fraction of sp³-hybridized carbons (Fsp3) is 0.385. The molecule has 102 valence electrons. The number of piperazine rings is 1. The molecule has 1 aliphatic heterocycles. The molecule has 0 saturated carbocycles. The zero-order chi connectivity index (χ0) is 14.0. The molecular weight excluding hydrogens is 254 g/mol. The van der Waals surface area contributed by atoms with E-state index in [2.05, 4.69) is 5.32 Å². The fourth-order valence-electron chi connectivity index (χ4n) is 2.07. The van der Waals surface area contributed by atoms with E-state index in [9.17, 15) is 18.4 Å². The van der Waals surface area contributed by atoms with Crippen LogP contribution in [0.25, 0.3) is 0 Å². The van der Waals surface area contributed by atoms with Gasteiger partial charge in [0.1, 0.15) is 11.6 Å². The quantitative estimate of drug-likeness (QED) is 0.831. The van der Waals surface area contributed by atoms with E-state index in [1.165, 1.54) is 0 Å². The molecule has 4 nitrogen and oxygen atoms in total. The zero-order valence-corrected chi connectivity index (χ0v) is 10.5. The Kier molecular flexibility index (Phi) is 3.90. The third kappa shape index (κ3) is 2.96. The fourth-order valence-corrected chi connectivity index (χ4v) is 2.07. The molecule has 0 bridgehead atoms. The Morgan fingerprint density at radius 1 is 1.42 bits per heavy atom. The Hall–Kier alpha value is -1.82. The maximum Gasteiger partial charge on any atom is 0.234 e. The van der Waals surface area contributed by atoms with Crippen LogP contribution in [-0.4, -0.2) is 42.3 Å².